The van der Waals surface area contributed by atoms with Crippen molar-refractivity contribution in [1.82, 2.24) is 10.3 Å². The van der Waals surface area contributed by atoms with Crippen LogP contribution >= 0.6 is 0 Å². The summed E-state index contributed by atoms with van der Waals surface area (Å²) in [6.07, 6.45) is 4.10. The lowest BCUT2D eigenvalue weighted by atomic mass is 9.87. The molecule has 2 amide bonds. The number of carbonyl (C=O) groups is 2. The van der Waals surface area contributed by atoms with E-state index in [4.69, 9.17) is 4.74 Å². The van der Waals surface area contributed by atoms with E-state index in [0.717, 1.165) is 17.5 Å². The monoisotopic (exact) mass is 501 g/mol. The first-order valence-corrected chi connectivity index (χ1v) is 12.7. The second kappa shape index (κ2) is 11.2. The van der Waals surface area contributed by atoms with Gasteiger partial charge in [-0.05, 0) is 74.1 Å². The van der Waals surface area contributed by atoms with Gasteiger partial charge in [-0.25, -0.2) is 0 Å². The molecule has 1 N–H and O–H groups in total. The number of aromatic nitrogens is 1. The van der Waals surface area contributed by atoms with E-state index in [0.29, 0.717) is 22.6 Å². The molecule has 0 radical (unpaired) electrons. The van der Waals surface area contributed by atoms with Crippen LogP contribution in [-0.4, -0.2) is 29.4 Å². The molecule has 37 heavy (non-hydrogen) atoms. The number of methoxy groups -OCH3 is 1. The van der Waals surface area contributed by atoms with Gasteiger partial charge in [0.05, 0.1) is 12.7 Å². The molecule has 0 aliphatic rings. The molecule has 0 fully saturated rings. The Morgan fingerprint density at radius 3 is 2.19 bits per heavy atom. The zero-order valence-corrected chi connectivity index (χ0v) is 23.3. The molecule has 0 aliphatic carbocycles. The third-order valence-electron chi connectivity index (χ3n) is 6.14. The average molecular weight is 502 g/mol. The largest absolute Gasteiger partial charge is 0.496 e. The van der Waals surface area contributed by atoms with E-state index < -0.39 is 11.6 Å². The van der Waals surface area contributed by atoms with Crippen molar-refractivity contribution < 1.29 is 14.3 Å². The van der Waals surface area contributed by atoms with Gasteiger partial charge in [-0.2, -0.15) is 0 Å². The van der Waals surface area contributed by atoms with E-state index in [2.05, 4.69) is 38.0 Å². The predicted molar refractivity (Wildman–Crippen MR) is 149 cm³/mol. The molecule has 1 unspecified atom stereocenters. The minimum absolute atomic E-state index is 0.0566. The van der Waals surface area contributed by atoms with Crippen LogP contribution in [0, 0.1) is 0 Å². The number of nitrogens with zero attached hydrogens (tertiary/aromatic N) is 2. The number of hydrogen-bond donors (Lipinski definition) is 1. The van der Waals surface area contributed by atoms with Crippen molar-refractivity contribution in [2.24, 2.45) is 0 Å². The van der Waals surface area contributed by atoms with Gasteiger partial charge in [0.1, 0.15) is 11.8 Å². The molecule has 0 spiro atoms. The van der Waals surface area contributed by atoms with E-state index in [1.165, 1.54) is 0 Å². The molecule has 0 saturated carbocycles. The number of benzene rings is 2. The third kappa shape index (κ3) is 6.76. The molecule has 1 aromatic heterocycles. The Bertz CT molecular complexity index is 1220. The highest BCUT2D eigenvalue weighted by atomic mass is 16.5. The number of hydrogen-bond acceptors (Lipinski definition) is 4. The van der Waals surface area contributed by atoms with Crippen LogP contribution in [0.2, 0.25) is 0 Å². The minimum atomic E-state index is -0.948. The van der Waals surface area contributed by atoms with E-state index in [1.54, 1.807) is 36.5 Å². The highest BCUT2D eigenvalue weighted by molar-refractivity contribution is 6.11. The summed E-state index contributed by atoms with van der Waals surface area (Å²) in [7, 11) is 1.55. The highest BCUT2D eigenvalue weighted by Crippen LogP contribution is 2.34. The smallest absolute Gasteiger partial charge is 0.263 e. The van der Waals surface area contributed by atoms with Crippen LogP contribution in [-0.2, 0) is 16.6 Å². The van der Waals surface area contributed by atoms with Crippen molar-refractivity contribution in [2.45, 2.75) is 71.9 Å². The fourth-order valence-electron chi connectivity index (χ4n) is 4.16. The molecule has 196 valence electrons. The Morgan fingerprint density at radius 1 is 1.00 bits per heavy atom. The van der Waals surface area contributed by atoms with Crippen molar-refractivity contribution in [1.29, 1.82) is 0 Å². The number of amides is 2. The summed E-state index contributed by atoms with van der Waals surface area (Å²) in [6.45, 7) is 14.2. The Morgan fingerprint density at radius 2 is 1.68 bits per heavy atom. The van der Waals surface area contributed by atoms with Crippen LogP contribution < -0.4 is 15.0 Å². The topological polar surface area (TPSA) is 71.5 Å². The fraction of sp³-hybridized carbons (Fsp3) is 0.387. The summed E-state index contributed by atoms with van der Waals surface area (Å²) in [5.41, 5.74) is 3.24. The SMILES string of the molecule is CCc1ccc(C(=O)N(c2ccc(C(C)(C)C)cc2)C(C(=O)NC(C)(C)C)c2cccnc2)c(OC)c1. The van der Waals surface area contributed by atoms with Crippen LogP contribution in [0.5, 0.6) is 5.75 Å². The highest BCUT2D eigenvalue weighted by Gasteiger charge is 2.36. The minimum Gasteiger partial charge on any atom is -0.496 e. The molecule has 6 heteroatoms. The summed E-state index contributed by atoms with van der Waals surface area (Å²) in [5, 5.41) is 3.06. The van der Waals surface area contributed by atoms with Gasteiger partial charge in [0.25, 0.3) is 5.91 Å². The van der Waals surface area contributed by atoms with E-state index in [1.807, 2.05) is 63.2 Å². The van der Waals surface area contributed by atoms with E-state index in [-0.39, 0.29) is 17.2 Å². The van der Waals surface area contributed by atoms with E-state index in [9.17, 15) is 9.59 Å². The maximum absolute atomic E-state index is 14.3. The molecule has 2 aromatic carbocycles. The lowest BCUT2D eigenvalue weighted by Gasteiger charge is -2.34. The van der Waals surface area contributed by atoms with Gasteiger partial charge in [-0.15, -0.1) is 0 Å². The Labute approximate surface area is 221 Å². The van der Waals surface area contributed by atoms with Gasteiger partial charge in [0, 0.05) is 29.2 Å². The molecule has 6 nitrogen and oxygen atoms in total. The lowest BCUT2D eigenvalue weighted by Crippen LogP contribution is -2.49. The Kier molecular flexibility index (Phi) is 8.42. The van der Waals surface area contributed by atoms with Crippen molar-refractivity contribution in [3.63, 3.8) is 0 Å². The summed E-state index contributed by atoms with van der Waals surface area (Å²) in [6, 6.07) is 16.0. The molecular weight excluding hydrogens is 462 g/mol. The number of aryl methyl sites for hydroxylation is 1. The first-order chi connectivity index (χ1) is 17.4. The van der Waals surface area contributed by atoms with Crippen molar-refractivity contribution in [3.8, 4) is 5.75 Å². The van der Waals surface area contributed by atoms with E-state index >= 15 is 0 Å². The van der Waals surface area contributed by atoms with Crippen LogP contribution in [0.4, 0.5) is 5.69 Å². The standard InChI is InChI=1S/C31H39N3O3/c1-9-21-12-17-25(26(19-21)37-8)29(36)34(24-15-13-23(14-16-24)30(2,3)4)27(22-11-10-18-32-20-22)28(35)33-31(5,6)7/h10-20,27H,9H2,1-8H3,(H,33,35). The maximum Gasteiger partial charge on any atom is 0.263 e. The zero-order valence-electron chi connectivity index (χ0n) is 23.3. The number of nitrogens with one attached hydrogen (secondary N) is 1. The quantitative estimate of drug-likeness (QED) is 0.415. The molecular formula is C31H39N3O3. The van der Waals surface area contributed by atoms with Gasteiger partial charge in [0.15, 0.2) is 0 Å². The molecule has 0 aliphatic heterocycles. The van der Waals surface area contributed by atoms with Gasteiger partial charge >= 0.3 is 0 Å². The first kappa shape index (κ1) is 27.9. The maximum atomic E-state index is 14.3. The van der Waals surface area contributed by atoms with Gasteiger partial charge in [0.2, 0.25) is 5.91 Å². The molecule has 1 heterocycles. The van der Waals surface area contributed by atoms with Crippen molar-refractivity contribution in [2.75, 3.05) is 12.0 Å². The average Bonchev–Trinajstić information content (AvgIpc) is 2.85. The summed E-state index contributed by atoms with van der Waals surface area (Å²) in [5.74, 6) is -0.152. The number of pyridine rings is 1. The molecule has 0 saturated heterocycles. The number of ether oxygens (including phenoxy) is 1. The second-order valence-electron chi connectivity index (χ2n) is 11.3. The van der Waals surface area contributed by atoms with Gasteiger partial charge in [-0.1, -0.05) is 52.0 Å². The van der Waals surface area contributed by atoms with Crippen LogP contribution in [0.25, 0.3) is 0 Å². The number of carbonyl (C=O) groups excluding carboxylic acids is 2. The summed E-state index contributed by atoms with van der Waals surface area (Å²) in [4.78, 5) is 34.0. The fourth-order valence-corrected chi connectivity index (χ4v) is 4.16. The first-order valence-electron chi connectivity index (χ1n) is 12.7. The molecule has 3 rings (SSSR count). The Hall–Kier alpha value is -3.67. The van der Waals surface area contributed by atoms with Gasteiger partial charge < -0.3 is 10.1 Å². The summed E-state index contributed by atoms with van der Waals surface area (Å²) < 4.78 is 5.62. The van der Waals surface area contributed by atoms with Crippen LogP contribution in [0.3, 0.4) is 0 Å². The lowest BCUT2D eigenvalue weighted by molar-refractivity contribution is -0.123. The normalized spacial score (nSPS) is 12.5. The second-order valence-corrected chi connectivity index (χ2v) is 11.3. The number of rotatable bonds is 7. The Balaban J connectivity index is 2.24. The molecule has 1 atom stereocenters. The van der Waals surface area contributed by atoms with Crippen LogP contribution in [0.15, 0.2) is 67.0 Å². The zero-order chi connectivity index (χ0) is 27.4. The van der Waals surface area contributed by atoms with Crippen LogP contribution in [0.1, 0.15) is 81.6 Å². The molecule has 3 aromatic rings. The number of anilines is 1. The summed E-state index contributed by atoms with van der Waals surface area (Å²) >= 11 is 0. The van der Waals surface area contributed by atoms with Gasteiger partial charge in [-0.3, -0.25) is 19.5 Å². The van der Waals surface area contributed by atoms with Crippen molar-refractivity contribution in [3.05, 3.63) is 89.2 Å². The third-order valence-corrected chi connectivity index (χ3v) is 6.14. The van der Waals surface area contributed by atoms with Crippen molar-refractivity contribution >= 4 is 17.5 Å². The predicted octanol–water partition coefficient (Wildman–Crippen LogP) is 6.25. The molecule has 0 bridgehead atoms.